The van der Waals surface area contributed by atoms with Crippen LogP contribution in [0.25, 0.3) is 0 Å². The first-order valence-corrected chi connectivity index (χ1v) is 8.07. The molecule has 0 aromatic rings. The fraction of sp³-hybridized carbons (Fsp3) is 0.909. The minimum Gasteiger partial charge on any atom is -0.480 e. The summed E-state index contributed by atoms with van der Waals surface area (Å²) in [6.45, 7) is 1.13. The van der Waals surface area contributed by atoms with Crippen molar-refractivity contribution >= 4 is 16.2 Å². The molecule has 0 amide bonds. The average Bonchev–Trinajstić information content (AvgIpc) is 2.78. The van der Waals surface area contributed by atoms with Crippen LogP contribution in [0.1, 0.15) is 19.3 Å². The van der Waals surface area contributed by atoms with Crippen LogP contribution in [0.5, 0.6) is 0 Å². The van der Waals surface area contributed by atoms with E-state index in [4.69, 9.17) is 10.8 Å². The Kier molecular flexibility index (Phi) is 6.34. The van der Waals surface area contributed by atoms with Crippen molar-refractivity contribution in [1.29, 1.82) is 0 Å². The molecule has 1 unspecified atom stereocenters. The number of aliphatic carboxylic acids is 1. The molecule has 1 aliphatic heterocycles. The maximum absolute atomic E-state index is 11.9. The smallest absolute Gasteiger partial charge is 0.321 e. The van der Waals surface area contributed by atoms with Gasteiger partial charge in [0, 0.05) is 26.2 Å². The second-order valence-electron chi connectivity index (χ2n) is 5.19. The summed E-state index contributed by atoms with van der Waals surface area (Å²) in [5, 5.41) is 8.61. The Bertz CT molecular complexity index is 428. The highest BCUT2D eigenvalue weighted by Gasteiger charge is 2.24. The van der Waals surface area contributed by atoms with Crippen LogP contribution in [-0.4, -0.2) is 74.5 Å². The van der Waals surface area contributed by atoms with Crippen LogP contribution in [0.2, 0.25) is 0 Å². The molecular weight excluding hydrogens is 284 g/mol. The van der Waals surface area contributed by atoms with Gasteiger partial charge in [0.05, 0.1) is 0 Å². The molecule has 1 heterocycles. The van der Waals surface area contributed by atoms with Gasteiger partial charge >= 0.3 is 5.97 Å². The summed E-state index contributed by atoms with van der Waals surface area (Å²) in [6.07, 6.45) is 2.99. The maximum Gasteiger partial charge on any atom is 0.321 e. The van der Waals surface area contributed by atoms with E-state index in [9.17, 15) is 13.2 Å². The Morgan fingerprint density at radius 3 is 2.75 bits per heavy atom. The summed E-state index contributed by atoms with van der Waals surface area (Å²) >= 11 is 0. The lowest BCUT2D eigenvalue weighted by Gasteiger charge is -2.23. The van der Waals surface area contributed by atoms with Crippen molar-refractivity contribution in [3.8, 4) is 0 Å². The van der Waals surface area contributed by atoms with Gasteiger partial charge in [-0.05, 0) is 32.9 Å². The molecule has 118 valence electrons. The second-order valence-corrected chi connectivity index (χ2v) is 7.05. The molecule has 20 heavy (non-hydrogen) atoms. The first kappa shape index (κ1) is 17.3. The number of hydrogen-bond donors (Lipinski definition) is 3. The SMILES string of the molecule is CN1CCCC1CCN(C)S(=O)(=O)NC[C@H](N)C(=O)O. The third-order valence-electron chi connectivity index (χ3n) is 3.66. The van der Waals surface area contributed by atoms with E-state index in [0.717, 1.165) is 25.8 Å². The molecular formula is C11H24N4O4S. The average molecular weight is 308 g/mol. The summed E-state index contributed by atoms with van der Waals surface area (Å²) in [6, 6.07) is -0.826. The van der Waals surface area contributed by atoms with E-state index in [0.29, 0.717) is 12.6 Å². The minimum atomic E-state index is -3.68. The van der Waals surface area contributed by atoms with E-state index in [1.165, 1.54) is 11.4 Å². The van der Waals surface area contributed by atoms with Gasteiger partial charge in [-0.1, -0.05) is 0 Å². The first-order chi connectivity index (χ1) is 9.24. The zero-order valence-electron chi connectivity index (χ0n) is 11.9. The van der Waals surface area contributed by atoms with E-state index in [-0.39, 0.29) is 6.54 Å². The largest absolute Gasteiger partial charge is 0.480 e. The number of carboxylic acid groups (broad SMARTS) is 1. The van der Waals surface area contributed by atoms with Crippen molar-refractivity contribution in [3.63, 3.8) is 0 Å². The van der Waals surface area contributed by atoms with Crippen LogP contribution >= 0.6 is 0 Å². The Balaban J connectivity index is 2.40. The molecule has 1 saturated heterocycles. The molecule has 0 aromatic heterocycles. The monoisotopic (exact) mass is 308 g/mol. The molecule has 4 N–H and O–H groups in total. The zero-order chi connectivity index (χ0) is 15.3. The number of carboxylic acids is 1. The van der Waals surface area contributed by atoms with Crippen molar-refractivity contribution in [1.82, 2.24) is 13.9 Å². The molecule has 9 heteroatoms. The van der Waals surface area contributed by atoms with Gasteiger partial charge in [-0.3, -0.25) is 4.79 Å². The quantitative estimate of drug-likeness (QED) is 0.510. The third-order valence-corrected chi connectivity index (χ3v) is 5.20. The van der Waals surface area contributed by atoms with E-state index < -0.39 is 22.2 Å². The standard InChI is InChI=1S/C11H24N4O4S/c1-14-6-3-4-9(14)5-7-15(2)20(18,19)13-8-10(12)11(16)17/h9-10,13H,3-8,12H2,1-2H3,(H,16,17)/t9?,10-/m0/s1. The summed E-state index contributed by atoms with van der Waals surface area (Å²) in [5.74, 6) is -1.23. The number of rotatable bonds is 8. The van der Waals surface area contributed by atoms with E-state index >= 15 is 0 Å². The van der Waals surface area contributed by atoms with Gasteiger partial charge in [-0.15, -0.1) is 0 Å². The Labute approximate surface area is 120 Å². The molecule has 8 nitrogen and oxygen atoms in total. The van der Waals surface area contributed by atoms with Gasteiger partial charge in [0.1, 0.15) is 6.04 Å². The number of nitrogens with two attached hydrogens (primary N) is 1. The Hall–Kier alpha value is -0.740. The molecule has 0 radical (unpaired) electrons. The van der Waals surface area contributed by atoms with Gasteiger partial charge in [0.15, 0.2) is 0 Å². The van der Waals surface area contributed by atoms with Crippen LogP contribution in [0, 0.1) is 0 Å². The summed E-state index contributed by atoms with van der Waals surface area (Å²) < 4.78 is 27.2. The molecule has 0 aromatic carbocycles. The highest BCUT2D eigenvalue weighted by Crippen LogP contribution is 2.18. The van der Waals surface area contributed by atoms with Crippen LogP contribution in [0.3, 0.4) is 0 Å². The molecule has 1 aliphatic rings. The fourth-order valence-electron chi connectivity index (χ4n) is 2.19. The van der Waals surface area contributed by atoms with Crippen molar-refractivity contribution in [2.45, 2.75) is 31.3 Å². The second kappa shape index (κ2) is 7.32. The topological polar surface area (TPSA) is 116 Å². The van der Waals surface area contributed by atoms with Gasteiger partial charge in [-0.2, -0.15) is 17.4 Å². The molecule has 0 aliphatic carbocycles. The number of carbonyl (C=O) groups is 1. The molecule has 2 atom stereocenters. The number of hydrogen-bond acceptors (Lipinski definition) is 5. The third kappa shape index (κ3) is 4.98. The molecule has 0 spiro atoms. The summed E-state index contributed by atoms with van der Waals surface area (Å²) in [7, 11) is -0.163. The van der Waals surface area contributed by atoms with Crippen molar-refractivity contribution < 1.29 is 18.3 Å². The lowest BCUT2D eigenvalue weighted by atomic mass is 10.1. The van der Waals surface area contributed by atoms with E-state index in [1.807, 2.05) is 7.05 Å². The van der Waals surface area contributed by atoms with Gasteiger partial charge in [0.2, 0.25) is 0 Å². The number of nitrogens with zero attached hydrogens (tertiary/aromatic N) is 2. The highest BCUT2D eigenvalue weighted by atomic mass is 32.2. The Morgan fingerprint density at radius 1 is 1.60 bits per heavy atom. The van der Waals surface area contributed by atoms with E-state index in [2.05, 4.69) is 9.62 Å². The van der Waals surface area contributed by atoms with Gasteiger partial charge in [-0.25, -0.2) is 0 Å². The normalized spacial score (nSPS) is 22.3. The minimum absolute atomic E-state index is 0.314. The highest BCUT2D eigenvalue weighted by molar-refractivity contribution is 7.87. The van der Waals surface area contributed by atoms with Crippen LogP contribution < -0.4 is 10.5 Å². The molecule has 1 fully saturated rings. The van der Waals surface area contributed by atoms with Crippen LogP contribution in [-0.2, 0) is 15.0 Å². The van der Waals surface area contributed by atoms with Crippen LogP contribution in [0.4, 0.5) is 0 Å². The molecule has 0 bridgehead atoms. The predicted octanol–water partition coefficient (Wildman–Crippen LogP) is -1.35. The molecule has 0 saturated carbocycles. The van der Waals surface area contributed by atoms with Crippen molar-refractivity contribution in [2.75, 3.05) is 33.7 Å². The summed E-state index contributed by atoms with van der Waals surface area (Å²) in [4.78, 5) is 12.8. The number of likely N-dealkylation sites (tertiary alicyclic amines) is 1. The summed E-state index contributed by atoms with van der Waals surface area (Å²) in [5.41, 5.74) is 5.26. The van der Waals surface area contributed by atoms with Crippen LogP contribution in [0.15, 0.2) is 0 Å². The Morgan fingerprint density at radius 2 is 2.25 bits per heavy atom. The first-order valence-electron chi connectivity index (χ1n) is 6.63. The predicted molar refractivity (Wildman–Crippen MR) is 75.4 cm³/mol. The fourth-order valence-corrected chi connectivity index (χ4v) is 3.14. The van der Waals surface area contributed by atoms with Crippen molar-refractivity contribution in [3.05, 3.63) is 0 Å². The maximum atomic E-state index is 11.9. The van der Waals surface area contributed by atoms with Gasteiger partial charge < -0.3 is 15.7 Å². The zero-order valence-corrected chi connectivity index (χ0v) is 12.8. The van der Waals surface area contributed by atoms with Gasteiger partial charge in [0.25, 0.3) is 10.2 Å². The number of nitrogens with one attached hydrogen (secondary N) is 1. The van der Waals surface area contributed by atoms with E-state index in [1.54, 1.807) is 0 Å². The van der Waals surface area contributed by atoms with Crippen molar-refractivity contribution in [2.24, 2.45) is 5.73 Å². The lowest BCUT2D eigenvalue weighted by Crippen LogP contribution is -2.47. The lowest BCUT2D eigenvalue weighted by molar-refractivity contribution is -0.138. The molecule has 1 rings (SSSR count).